The number of hydrogen-bond donors (Lipinski definition) is 1. The van der Waals surface area contributed by atoms with Crippen molar-refractivity contribution < 1.29 is 22.6 Å². The molecule has 20 heavy (non-hydrogen) atoms. The summed E-state index contributed by atoms with van der Waals surface area (Å²) in [7, 11) is 1.57. The topological polar surface area (TPSA) is 30.5 Å². The Morgan fingerprint density at radius 2 is 1.95 bits per heavy atom. The summed E-state index contributed by atoms with van der Waals surface area (Å²) in [5.74, 6) is 0.728. The Hall–Kier alpha value is -1.27. The van der Waals surface area contributed by atoms with Crippen LogP contribution >= 0.6 is 0 Å². The number of likely N-dealkylation sites (N-methyl/N-ethyl adjacent to an activating group) is 1. The minimum Gasteiger partial charge on any atom is -0.496 e. The fourth-order valence-electron chi connectivity index (χ4n) is 1.93. The Balaban J connectivity index is 2.57. The third-order valence-corrected chi connectivity index (χ3v) is 2.74. The van der Waals surface area contributed by atoms with E-state index in [1.54, 1.807) is 7.11 Å². The molecule has 1 N–H and O–H groups in total. The van der Waals surface area contributed by atoms with Crippen LogP contribution in [0.5, 0.6) is 5.75 Å². The summed E-state index contributed by atoms with van der Waals surface area (Å²) in [6.45, 7) is 1.35. The minimum atomic E-state index is -4.29. The van der Waals surface area contributed by atoms with Crippen LogP contribution in [0.15, 0.2) is 24.3 Å². The first-order valence-electron chi connectivity index (χ1n) is 6.46. The summed E-state index contributed by atoms with van der Waals surface area (Å²) in [6.07, 6.45) is -3.74. The third-order valence-electron chi connectivity index (χ3n) is 2.74. The van der Waals surface area contributed by atoms with Gasteiger partial charge in [-0.2, -0.15) is 13.2 Å². The molecule has 6 heteroatoms. The van der Waals surface area contributed by atoms with E-state index in [9.17, 15) is 13.2 Å². The standard InChI is InChI=1S/C14H20F3NO2/c1-3-18-12(9-20-10-14(15,16)17)8-11-6-4-5-7-13(11)19-2/h4-7,12,18H,3,8-10H2,1-2H3. The van der Waals surface area contributed by atoms with Crippen LogP contribution in [0.1, 0.15) is 12.5 Å². The van der Waals surface area contributed by atoms with Crippen molar-refractivity contribution in [3.63, 3.8) is 0 Å². The molecule has 1 aromatic carbocycles. The van der Waals surface area contributed by atoms with Gasteiger partial charge in [-0.05, 0) is 24.6 Å². The molecule has 1 aromatic rings. The van der Waals surface area contributed by atoms with Crippen molar-refractivity contribution >= 4 is 0 Å². The summed E-state index contributed by atoms with van der Waals surface area (Å²) in [5.41, 5.74) is 0.941. The molecule has 1 rings (SSSR count). The first kappa shape index (κ1) is 16.8. The Kier molecular flexibility index (Phi) is 6.81. The molecule has 0 fully saturated rings. The third kappa shape index (κ3) is 6.25. The van der Waals surface area contributed by atoms with E-state index in [-0.39, 0.29) is 12.6 Å². The second-order valence-corrected chi connectivity index (χ2v) is 4.40. The quantitative estimate of drug-likeness (QED) is 0.799. The number of benzene rings is 1. The van der Waals surface area contributed by atoms with Crippen molar-refractivity contribution in [1.82, 2.24) is 5.32 Å². The van der Waals surface area contributed by atoms with E-state index >= 15 is 0 Å². The molecule has 0 radical (unpaired) electrons. The molecule has 0 bridgehead atoms. The molecule has 0 saturated carbocycles. The number of halogens is 3. The van der Waals surface area contributed by atoms with Gasteiger partial charge in [-0.15, -0.1) is 0 Å². The van der Waals surface area contributed by atoms with Crippen LogP contribution in [0.2, 0.25) is 0 Å². The van der Waals surface area contributed by atoms with E-state index in [0.29, 0.717) is 13.0 Å². The molecule has 0 aliphatic rings. The zero-order valence-corrected chi connectivity index (χ0v) is 11.7. The van der Waals surface area contributed by atoms with E-state index in [1.165, 1.54) is 0 Å². The molecule has 1 atom stereocenters. The van der Waals surface area contributed by atoms with E-state index in [4.69, 9.17) is 9.47 Å². The highest BCUT2D eigenvalue weighted by molar-refractivity contribution is 5.33. The minimum absolute atomic E-state index is 0.00536. The first-order chi connectivity index (χ1) is 9.46. The fourth-order valence-corrected chi connectivity index (χ4v) is 1.93. The van der Waals surface area contributed by atoms with Crippen LogP contribution in [-0.4, -0.2) is 39.1 Å². The van der Waals surface area contributed by atoms with Gasteiger partial charge >= 0.3 is 6.18 Å². The number of ether oxygens (including phenoxy) is 2. The molecule has 0 heterocycles. The summed E-state index contributed by atoms with van der Waals surface area (Å²) in [4.78, 5) is 0. The van der Waals surface area contributed by atoms with Crippen molar-refractivity contribution in [2.75, 3.05) is 26.9 Å². The highest BCUT2D eigenvalue weighted by atomic mass is 19.4. The molecule has 0 aromatic heterocycles. The van der Waals surface area contributed by atoms with Gasteiger partial charge in [0.15, 0.2) is 0 Å². The summed E-state index contributed by atoms with van der Waals surface area (Å²) < 4.78 is 46.2. The highest BCUT2D eigenvalue weighted by Gasteiger charge is 2.28. The summed E-state index contributed by atoms with van der Waals surface area (Å²) in [6, 6.07) is 7.27. The van der Waals surface area contributed by atoms with Crippen molar-refractivity contribution in [2.24, 2.45) is 0 Å². The van der Waals surface area contributed by atoms with Crippen LogP contribution in [0.3, 0.4) is 0 Å². The Labute approximate surface area is 117 Å². The highest BCUT2D eigenvalue weighted by Crippen LogP contribution is 2.19. The van der Waals surface area contributed by atoms with Gasteiger partial charge < -0.3 is 14.8 Å². The molecule has 114 valence electrons. The number of hydrogen-bond acceptors (Lipinski definition) is 3. The number of para-hydroxylation sites is 1. The maximum Gasteiger partial charge on any atom is 0.411 e. The van der Waals surface area contributed by atoms with E-state index in [2.05, 4.69) is 5.32 Å². The van der Waals surface area contributed by atoms with Gasteiger partial charge in [-0.3, -0.25) is 0 Å². The monoisotopic (exact) mass is 291 g/mol. The van der Waals surface area contributed by atoms with Crippen LogP contribution in [0, 0.1) is 0 Å². The molecular weight excluding hydrogens is 271 g/mol. The molecule has 0 saturated heterocycles. The van der Waals surface area contributed by atoms with Gasteiger partial charge in [0.25, 0.3) is 0 Å². The van der Waals surface area contributed by atoms with Crippen LogP contribution in [-0.2, 0) is 11.2 Å². The van der Waals surface area contributed by atoms with Gasteiger partial charge in [0.05, 0.1) is 13.7 Å². The normalized spacial score (nSPS) is 13.2. The summed E-state index contributed by atoms with van der Waals surface area (Å²) in [5, 5.41) is 3.12. The second kappa shape index (κ2) is 8.11. The zero-order valence-electron chi connectivity index (χ0n) is 11.7. The number of methoxy groups -OCH3 is 1. The van der Waals surface area contributed by atoms with Gasteiger partial charge in [0.2, 0.25) is 0 Å². The van der Waals surface area contributed by atoms with Gasteiger partial charge in [0.1, 0.15) is 12.4 Å². The smallest absolute Gasteiger partial charge is 0.411 e. The van der Waals surface area contributed by atoms with Gasteiger partial charge in [-0.25, -0.2) is 0 Å². The summed E-state index contributed by atoms with van der Waals surface area (Å²) >= 11 is 0. The molecule has 3 nitrogen and oxygen atoms in total. The SMILES string of the molecule is CCNC(COCC(F)(F)F)Cc1ccccc1OC. The zero-order chi connectivity index (χ0) is 15.0. The lowest BCUT2D eigenvalue weighted by Crippen LogP contribution is -2.36. The number of rotatable bonds is 8. The lowest BCUT2D eigenvalue weighted by Gasteiger charge is -2.20. The van der Waals surface area contributed by atoms with Crippen LogP contribution in [0.25, 0.3) is 0 Å². The van der Waals surface area contributed by atoms with E-state index in [0.717, 1.165) is 11.3 Å². The lowest BCUT2D eigenvalue weighted by atomic mass is 10.1. The maximum absolute atomic E-state index is 12.1. The molecule has 0 spiro atoms. The predicted octanol–water partition coefficient (Wildman–Crippen LogP) is 2.79. The second-order valence-electron chi connectivity index (χ2n) is 4.40. The molecule has 0 aliphatic carbocycles. The Morgan fingerprint density at radius 1 is 1.25 bits per heavy atom. The Morgan fingerprint density at radius 3 is 2.55 bits per heavy atom. The van der Waals surface area contributed by atoms with Crippen LogP contribution < -0.4 is 10.1 Å². The van der Waals surface area contributed by atoms with E-state index in [1.807, 2.05) is 31.2 Å². The molecule has 0 aliphatic heterocycles. The van der Waals surface area contributed by atoms with Crippen molar-refractivity contribution in [3.8, 4) is 5.75 Å². The van der Waals surface area contributed by atoms with Crippen molar-refractivity contribution in [1.29, 1.82) is 0 Å². The van der Waals surface area contributed by atoms with E-state index < -0.39 is 12.8 Å². The molecular formula is C14H20F3NO2. The van der Waals surface area contributed by atoms with Crippen molar-refractivity contribution in [3.05, 3.63) is 29.8 Å². The van der Waals surface area contributed by atoms with Gasteiger partial charge in [-0.1, -0.05) is 25.1 Å². The number of alkyl halides is 3. The average molecular weight is 291 g/mol. The maximum atomic E-state index is 12.1. The predicted molar refractivity (Wildman–Crippen MR) is 71.0 cm³/mol. The first-order valence-corrected chi connectivity index (χ1v) is 6.46. The lowest BCUT2D eigenvalue weighted by molar-refractivity contribution is -0.175. The van der Waals surface area contributed by atoms with Gasteiger partial charge in [0, 0.05) is 6.04 Å². The molecule has 0 amide bonds. The fraction of sp³-hybridized carbons (Fsp3) is 0.571. The molecule has 1 unspecified atom stereocenters. The number of nitrogens with one attached hydrogen (secondary N) is 1. The average Bonchev–Trinajstić information content (AvgIpc) is 2.38. The largest absolute Gasteiger partial charge is 0.496 e. The van der Waals surface area contributed by atoms with Crippen molar-refractivity contribution in [2.45, 2.75) is 25.6 Å². The Bertz CT molecular complexity index is 396. The van der Waals surface area contributed by atoms with Crippen LogP contribution in [0.4, 0.5) is 13.2 Å².